The van der Waals surface area contributed by atoms with Gasteiger partial charge in [0.1, 0.15) is 4.90 Å². The van der Waals surface area contributed by atoms with Gasteiger partial charge in [0, 0.05) is 38.6 Å². The monoisotopic (exact) mass is 856 g/mol. The number of nitrogens with zero attached hydrogens (tertiary/aromatic N) is 8. The number of aromatic nitrogens is 6. The molecule has 0 aliphatic heterocycles. The Morgan fingerprint density at radius 3 is 1.50 bits per heavy atom. The van der Waals surface area contributed by atoms with Gasteiger partial charge in [-0.1, -0.05) is 78.9 Å². The molecule has 2 aromatic heterocycles. The molecule has 4 aromatic carbocycles. The second-order valence-electron chi connectivity index (χ2n) is 12.6. The van der Waals surface area contributed by atoms with Crippen LogP contribution >= 0.6 is 0 Å². The van der Waals surface area contributed by atoms with Gasteiger partial charge in [0.25, 0.3) is 11.9 Å². The van der Waals surface area contributed by atoms with Crippen molar-refractivity contribution < 1.29 is 35.6 Å². The van der Waals surface area contributed by atoms with Crippen molar-refractivity contribution in [3.8, 4) is 0 Å². The quantitative estimate of drug-likeness (QED) is 0.0468. The normalized spacial score (nSPS) is 11.6. The Morgan fingerprint density at radius 1 is 0.550 bits per heavy atom. The second-order valence-corrected chi connectivity index (χ2v) is 15.6. The van der Waals surface area contributed by atoms with E-state index in [2.05, 4.69) is 51.5 Å². The van der Waals surface area contributed by atoms with E-state index in [9.17, 15) is 27.0 Å². The number of aliphatic hydroxyl groups is 2. The van der Waals surface area contributed by atoms with Crippen LogP contribution in [0.5, 0.6) is 0 Å². The smallest absolute Gasteiger partial charge is 0.318 e. The summed E-state index contributed by atoms with van der Waals surface area (Å²) in [5.41, 5.74) is 6.72. The van der Waals surface area contributed by atoms with Crippen LogP contribution in [-0.2, 0) is 28.8 Å². The van der Waals surface area contributed by atoms with E-state index in [-0.39, 0.29) is 77.3 Å². The highest BCUT2D eigenvalue weighted by atomic mass is 32.2. The van der Waals surface area contributed by atoms with Crippen LogP contribution in [-0.4, -0.2) is 97.4 Å². The molecule has 0 aliphatic rings. The Morgan fingerprint density at radius 2 is 1.00 bits per heavy atom. The molecule has 0 unspecified atom stereocenters. The number of hydrogen-bond acceptors (Lipinski definition) is 20. The molecule has 22 heteroatoms. The van der Waals surface area contributed by atoms with Crippen LogP contribution in [0.1, 0.15) is 11.1 Å². The molecule has 0 fully saturated rings. The van der Waals surface area contributed by atoms with Gasteiger partial charge in [0.15, 0.2) is 0 Å². The summed E-state index contributed by atoms with van der Waals surface area (Å²) >= 11 is 0. The first-order valence-corrected chi connectivity index (χ1v) is 20.8. The summed E-state index contributed by atoms with van der Waals surface area (Å²) in [7, 11) is -5.56. The van der Waals surface area contributed by atoms with Crippen LogP contribution in [0.4, 0.5) is 47.1 Å². The topological polar surface area (TPSA) is 259 Å². The van der Waals surface area contributed by atoms with Crippen LogP contribution in [0.2, 0.25) is 0 Å². The molecule has 0 spiro atoms. The summed E-state index contributed by atoms with van der Waals surface area (Å²) in [6, 6.07) is 29.8. The second kappa shape index (κ2) is 19.8. The van der Waals surface area contributed by atoms with Crippen LogP contribution in [0, 0.1) is 0 Å². The maximum absolute atomic E-state index is 13.5. The highest BCUT2D eigenvalue weighted by molar-refractivity contribution is 7.87. The Hall–Kier alpha value is -6.82. The van der Waals surface area contributed by atoms with Gasteiger partial charge in [-0.25, -0.2) is 11.0 Å². The van der Waals surface area contributed by atoms with E-state index in [1.807, 2.05) is 36.4 Å². The fourth-order valence-electron chi connectivity index (χ4n) is 5.13. The Bertz CT molecular complexity index is 2610. The number of aliphatic hydroxyl groups excluding tert-OH is 2. The lowest BCUT2D eigenvalue weighted by atomic mass is 10.1. The maximum Gasteiger partial charge on any atom is 0.318 e. The molecule has 0 atom stereocenters. The van der Waals surface area contributed by atoms with Gasteiger partial charge < -0.3 is 30.6 Å². The zero-order chi connectivity index (χ0) is 42.5. The first-order chi connectivity index (χ1) is 28.9. The standard InChI is InChI=1S/C38H40N12O8S2/c1-49(23-25-51)37-43-33(39-29-12-5-3-6-13-29)41-35(45-37)47-57-59(53,54)31-21-18-27(19-22-31)17-20-28-11-9-10-16-32(28)60(55,56)58-48-36-42-34(40-30-14-7-4-8-15-30)44-38(46-36)50(2)24-26-52/h3-22,51-52H,23-26H2,1-2H3,(H2,39,41,43,45,47)(H2,40,42,44,46,48). The van der Waals surface area contributed by atoms with E-state index >= 15 is 0 Å². The SMILES string of the molecule is CN(CCO)c1nc(NOS(=O)(=O)c2ccc(C=Cc3ccccc3S(=O)(=O)ONc3nc(Nc4ccccc4)nc(N(C)CCO)n3)cc2)nc(Nc2ccccc2)n1. The molecule has 6 aromatic rings. The number of benzene rings is 4. The Balaban J connectivity index is 1.13. The van der Waals surface area contributed by atoms with Crippen molar-refractivity contribution in [2.75, 3.05) is 71.8 Å². The van der Waals surface area contributed by atoms with Crippen molar-refractivity contribution in [3.05, 3.63) is 120 Å². The zero-order valence-electron chi connectivity index (χ0n) is 32.1. The zero-order valence-corrected chi connectivity index (χ0v) is 33.7. The molecule has 312 valence electrons. The lowest BCUT2D eigenvalue weighted by Crippen LogP contribution is -2.25. The van der Waals surface area contributed by atoms with Crippen LogP contribution in [0.25, 0.3) is 12.2 Å². The third-order valence-corrected chi connectivity index (χ3v) is 10.5. The minimum atomic E-state index is -4.46. The van der Waals surface area contributed by atoms with E-state index in [1.165, 1.54) is 42.5 Å². The Labute approximate surface area is 345 Å². The van der Waals surface area contributed by atoms with Gasteiger partial charge in [0.2, 0.25) is 23.8 Å². The first-order valence-electron chi connectivity index (χ1n) is 18.0. The van der Waals surface area contributed by atoms with Gasteiger partial charge >= 0.3 is 20.2 Å². The summed E-state index contributed by atoms with van der Waals surface area (Å²) in [6.07, 6.45) is 3.11. The van der Waals surface area contributed by atoms with Crippen LogP contribution in [0.3, 0.4) is 0 Å². The van der Waals surface area contributed by atoms with Crippen molar-refractivity contribution >= 4 is 79.5 Å². The van der Waals surface area contributed by atoms with Crippen molar-refractivity contribution in [1.82, 2.24) is 29.9 Å². The van der Waals surface area contributed by atoms with Crippen molar-refractivity contribution in [2.45, 2.75) is 9.79 Å². The molecule has 20 nitrogen and oxygen atoms in total. The molecule has 60 heavy (non-hydrogen) atoms. The molecule has 2 heterocycles. The summed E-state index contributed by atoms with van der Waals surface area (Å²) in [6.45, 7) is 0.0362. The number of hydrogen-bond donors (Lipinski definition) is 6. The van der Waals surface area contributed by atoms with E-state index in [0.717, 1.165) is 0 Å². The van der Waals surface area contributed by atoms with E-state index in [4.69, 9.17) is 8.57 Å². The average Bonchev–Trinajstić information content (AvgIpc) is 3.25. The molecule has 0 aliphatic carbocycles. The molecule has 0 amide bonds. The summed E-state index contributed by atoms with van der Waals surface area (Å²) in [5.74, 6) is 0.0271. The lowest BCUT2D eigenvalue weighted by Gasteiger charge is -2.17. The predicted octanol–water partition coefficient (Wildman–Crippen LogP) is 4.04. The highest BCUT2D eigenvalue weighted by Crippen LogP contribution is 2.24. The number of para-hydroxylation sites is 2. The molecule has 0 saturated heterocycles. The highest BCUT2D eigenvalue weighted by Gasteiger charge is 2.22. The van der Waals surface area contributed by atoms with E-state index < -0.39 is 20.2 Å². The fourth-order valence-corrected chi connectivity index (χ4v) is 6.82. The Kier molecular flexibility index (Phi) is 14.1. The average molecular weight is 857 g/mol. The molecule has 0 saturated carbocycles. The molecular weight excluding hydrogens is 817 g/mol. The number of likely N-dealkylation sites (N-methyl/N-ethyl adjacent to an activating group) is 2. The van der Waals surface area contributed by atoms with Gasteiger partial charge in [-0.05, 0) is 53.6 Å². The maximum atomic E-state index is 13.5. The van der Waals surface area contributed by atoms with E-state index in [1.54, 1.807) is 66.4 Å². The lowest BCUT2D eigenvalue weighted by molar-refractivity contribution is 0.303. The van der Waals surface area contributed by atoms with Gasteiger partial charge in [0.05, 0.1) is 18.1 Å². The van der Waals surface area contributed by atoms with E-state index in [0.29, 0.717) is 16.9 Å². The largest absolute Gasteiger partial charge is 0.395 e. The molecule has 6 N–H and O–H groups in total. The van der Waals surface area contributed by atoms with Crippen molar-refractivity contribution in [3.63, 3.8) is 0 Å². The van der Waals surface area contributed by atoms with Gasteiger partial charge in [-0.3, -0.25) is 0 Å². The third-order valence-electron chi connectivity index (χ3n) is 8.16. The van der Waals surface area contributed by atoms with Crippen LogP contribution < -0.4 is 31.4 Å². The van der Waals surface area contributed by atoms with Crippen molar-refractivity contribution in [2.24, 2.45) is 0 Å². The predicted molar refractivity (Wildman–Crippen MR) is 225 cm³/mol. The molecule has 0 bridgehead atoms. The first kappa shape index (κ1) is 42.8. The summed E-state index contributed by atoms with van der Waals surface area (Å²) in [4.78, 5) is 28.3. The summed E-state index contributed by atoms with van der Waals surface area (Å²) < 4.78 is 63.5. The third kappa shape index (κ3) is 11.6. The number of anilines is 8. The van der Waals surface area contributed by atoms with Crippen molar-refractivity contribution in [1.29, 1.82) is 0 Å². The summed E-state index contributed by atoms with van der Waals surface area (Å²) in [5, 5.41) is 24.9. The minimum Gasteiger partial charge on any atom is -0.395 e. The number of rotatable bonds is 20. The molecule has 6 rings (SSSR count). The molecule has 0 radical (unpaired) electrons. The van der Waals surface area contributed by atoms with Crippen LogP contribution in [0.15, 0.2) is 119 Å². The van der Waals surface area contributed by atoms with Gasteiger partial charge in [-0.2, -0.15) is 46.7 Å². The number of nitrogens with one attached hydrogen (secondary N) is 4. The fraction of sp³-hybridized carbons (Fsp3) is 0.158. The molecular formula is C38H40N12O8S2. The minimum absolute atomic E-state index is 0.0924. The van der Waals surface area contributed by atoms with Gasteiger partial charge in [-0.15, -0.1) is 8.57 Å².